The third-order valence-corrected chi connectivity index (χ3v) is 11.4. The van der Waals surface area contributed by atoms with E-state index in [0.29, 0.717) is 19.3 Å². The number of nitrogens with one attached hydrogen (secondary N) is 4. The Balaban J connectivity index is 1.40. The number of urea groups is 1. The van der Waals surface area contributed by atoms with Crippen LogP contribution in [0.2, 0.25) is 0 Å². The Morgan fingerprint density at radius 1 is 0.939 bits per heavy atom. The van der Waals surface area contributed by atoms with Gasteiger partial charge in [0.05, 0.1) is 10.9 Å². The maximum absolute atomic E-state index is 14.6. The monoisotopic (exact) mass is 689 g/mol. The Kier molecular flexibility index (Phi) is 10.4. The Labute approximate surface area is 286 Å². The summed E-state index contributed by atoms with van der Waals surface area (Å²) >= 11 is 0. The Morgan fingerprint density at radius 2 is 1.57 bits per heavy atom. The molecule has 0 bridgehead atoms. The number of allylic oxidation sites excluding steroid dienone is 1. The van der Waals surface area contributed by atoms with Crippen molar-refractivity contribution in [3.63, 3.8) is 0 Å². The van der Waals surface area contributed by atoms with Crippen LogP contribution in [0.25, 0.3) is 0 Å². The fraction of sp³-hybridized carbons (Fsp3) is 0.417. The van der Waals surface area contributed by atoms with Crippen molar-refractivity contribution in [1.82, 2.24) is 25.6 Å². The van der Waals surface area contributed by atoms with Crippen LogP contribution in [0, 0.1) is 23.2 Å². The number of likely N-dealkylation sites (tertiary alicyclic amines) is 1. The molecule has 5 amide bonds. The van der Waals surface area contributed by atoms with Crippen molar-refractivity contribution in [2.75, 3.05) is 13.1 Å². The van der Waals surface area contributed by atoms with Crippen molar-refractivity contribution >= 4 is 39.6 Å². The van der Waals surface area contributed by atoms with Crippen LogP contribution in [0.15, 0.2) is 84.8 Å². The van der Waals surface area contributed by atoms with E-state index in [4.69, 9.17) is 0 Å². The summed E-state index contributed by atoms with van der Waals surface area (Å²) in [6.07, 6.45) is 4.42. The summed E-state index contributed by atoms with van der Waals surface area (Å²) < 4.78 is 28.0. The van der Waals surface area contributed by atoms with Crippen molar-refractivity contribution in [3.8, 4) is 0 Å². The van der Waals surface area contributed by atoms with E-state index in [9.17, 15) is 32.4 Å². The highest BCUT2D eigenvalue weighted by molar-refractivity contribution is 7.90. The second kappa shape index (κ2) is 14.4. The lowest BCUT2D eigenvalue weighted by Crippen LogP contribution is -2.60. The number of carbonyl (C=O) groups is 5. The smallest absolute Gasteiger partial charge is 0.329 e. The zero-order chi connectivity index (χ0) is 35.5. The molecule has 3 aliphatic rings. The van der Waals surface area contributed by atoms with Gasteiger partial charge in [0.25, 0.3) is 15.9 Å². The second-order valence-corrected chi connectivity index (χ2v) is 15.2. The van der Waals surface area contributed by atoms with Gasteiger partial charge in [0.1, 0.15) is 12.1 Å². The molecule has 5 atom stereocenters. The van der Waals surface area contributed by atoms with Gasteiger partial charge in [-0.15, -0.1) is 13.2 Å². The van der Waals surface area contributed by atoms with Crippen LogP contribution < -0.4 is 20.7 Å². The first-order chi connectivity index (χ1) is 23.3. The molecule has 5 rings (SSSR count). The van der Waals surface area contributed by atoms with Gasteiger partial charge in [0.15, 0.2) is 0 Å². The van der Waals surface area contributed by atoms with Gasteiger partial charge < -0.3 is 20.9 Å². The van der Waals surface area contributed by atoms with Gasteiger partial charge in [0.2, 0.25) is 17.6 Å². The minimum Gasteiger partial charge on any atom is -0.346 e. The van der Waals surface area contributed by atoms with Crippen LogP contribution in [-0.2, 0) is 42.0 Å². The third-order valence-electron chi connectivity index (χ3n) is 10.1. The molecule has 260 valence electrons. The van der Waals surface area contributed by atoms with Crippen LogP contribution in [0.5, 0.6) is 0 Å². The number of rotatable bonds is 14. The number of ketones is 1. The lowest BCUT2D eigenvalue weighted by Gasteiger charge is -2.35. The number of fused-ring (bicyclic) bond motifs is 2. The molecule has 1 heterocycles. The Bertz CT molecular complexity index is 1730. The van der Waals surface area contributed by atoms with E-state index in [1.165, 1.54) is 35.2 Å². The molecule has 49 heavy (non-hydrogen) atoms. The molecule has 0 radical (unpaired) electrons. The van der Waals surface area contributed by atoms with Gasteiger partial charge in [-0.05, 0) is 72.1 Å². The molecule has 2 fully saturated rings. The van der Waals surface area contributed by atoms with Crippen LogP contribution in [0.1, 0.15) is 37.8 Å². The molecule has 1 unspecified atom stereocenters. The summed E-state index contributed by atoms with van der Waals surface area (Å²) in [6.45, 7) is 11.6. The molecule has 0 aromatic heterocycles. The van der Waals surface area contributed by atoms with Crippen molar-refractivity contribution in [2.24, 2.45) is 23.2 Å². The van der Waals surface area contributed by atoms with E-state index in [-0.39, 0.29) is 41.7 Å². The fourth-order valence-electron chi connectivity index (χ4n) is 7.37. The van der Waals surface area contributed by atoms with Crippen LogP contribution >= 0.6 is 0 Å². The van der Waals surface area contributed by atoms with Gasteiger partial charge >= 0.3 is 6.03 Å². The van der Waals surface area contributed by atoms with Gasteiger partial charge in [-0.2, -0.15) is 0 Å². The lowest BCUT2D eigenvalue weighted by atomic mass is 9.93. The van der Waals surface area contributed by atoms with Crippen molar-refractivity contribution in [2.45, 2.75) is 62.6 Å². The topological polar surface area (TPSA) is 171 Å². The van der Waals surface area contributed by atoms with E-state index in [1.54, 1.807) is 12.1 Å². The highest BCUT2D eigenvalue weighted by Gasteiger charge is 2.69. The number of nitrogens with zero attached hydrogens (tertiary/aromatic N) is 1. The molecule has 1 saturated heterocycles. The summed E-state index contributed by atoms with van der Waals surface area (Å²) in [7, 11) is -4.24. The Morgan fingerprint density at radius 3 is 2.18 bits per heavy atom. The molecule has 1 saturated carbocycles. The summed E-state index contributed by atoms with van der Waals surface area (Å²) in [5, 5.41) is 7.85. The molecular formula is C36H43N5O7S. The van der Waals surface area contributed by atoms with E-state index in [0.717, 1.165) is 11.1 Å². The SMILES string of the molecule is C=CCCC(NC(=O)[C@@H]1[C@@H]2[C@H](CN1C(=O)[C@@H](NC(=O)NS(=O)(=O)c1ccccc1)C1Cc3ccccc3C1)C2(C)C)C(=O)C(=O)NCC=C. The molecule has 12 nitrogen and oxygen atoms in total. The van der Waals surface area contributed by atoms with E-state index in [1.807, 2.05) is 42.8 Å². The van der Waals surface area contributed by atoms with E-state index in [2.05, 4.69) is 29.1 Å². The fourth-order valence-corrected chi connectivity index (χ4v) is 8.31. The standard InChI is InChI=1S/C36H43N5O7S/c1-5-7-17-27(31(42)33(44)37-18-6-2)38-32(43)30-28-26(36(28,3)4)21-41(30)34(45)29(24-19-22-13-11-12-14-23(22)20-24)39-35(46)40-49(47,48)25-15-9-8-10-16-25/h5-6,8-16,24,26-30H,1-2,7,17-21H2,3-4H3,(H,37,44)(H,38,43)(H2,39,40,46)/t26-,27?,28-,29-,30-/m0/s1. The highest BCUT2D eigenvalue weighted by Crippen LogP contribution is 2.65. The normalized spacial score (nSPS) is 21.7. The minimum absolute atomic E-state index is 0.0147. The molecular weight excluding hydrogens is 646 g/mol. The number of amides is 5. The lowest BCUT2D eigenvalue weighted by molar-refractivity contribution is -0.144. The van der Waals surface area contributed by atoms with Crippen LogP contribution in [0.3, 0.4) is 0 Å². The van der Waals surface area contributed by atoms with Gasteiger partial charge in [-0.3, -0.25) is 19.2 Å². The zero-order valence-electron chi connectivity index (χ0n) is 27.7. The van der Waals surface area contributed by atoms with Crippen molar-refractivity contribution < 1.29 is 32.4 Å². The Hall–Kier alpha value is -4.78. The third kappa shape index (κ3) is 7.46. The summed E-state index contributed by atoms with van der Waals surface area (Å²) in [5.74, 6) is -3.44. The maximum atomic E-state index is 14.6. The molecule has 2 aliphatic carbocycles. The van der Waals surface area contributed by atoms with Crippen LogP contribution in [0.4, 0.5) is 4.79 Å². The predicted molar refractivity (Wildman–Crippen MR) is 182 cm³/mol. The van der Waals surface area contributed by atoms with Crippen molar-refractivity contribution in [1.29, 1.82) is 0 Å². The number of Topliss-reactive ketones (excluding diaryl/α,β-unsaturated/α-hetero) is 1. The minimum atomic E-state index is -4.24. The first kappa shape index (κ1) is 35.5. The number of hydrogen-bond donors (Lipinski definition) is 4. The molecule has 2 aromatic rings. The highest BCUT2D eigenvalue weighted by atomic mass is 32.2. The number of hydrogen-bond acceptors (Lipinski definition) is 7. The average Bonchev–Trinajstić information content (AvgIpc) is 3.44. The number of sulfonamides is 1. The molecule has 13 heteroatoms. The average molecular weight is 690 g/mol. The first-order valence-electron chi connectivity index (χ1n) is 16.4. The molecule has 1 aliphatic heterocycles. The number of carbonyl (C=O) groups excluding carboxylic acids is 5. The summed E-state index contributed by atoms with van der Waals surface area (Å²) in [4.78, 5) is 68.9. The first-order valence-corrected chi connectivity index (χ1v) is 17.9. The molecule has 0 spiro atoms. The largest absolute Gasteiger partial charge is 0.346 e. The molecule has 4 N–H and O–H groups in total. The van der Waals surface area contributed by atoms with E-state index < -0.39 is 63.6 Å². The zero-order valence-corrected chi connectivity index (χ0v) is 28.5. The summed E-state index contributed by atoms with van der Waals surface area (Å²) in [5.41, 5.74) is 1.76. The number of benzene rings is 2. The summed E-state index contributed by atoms with van der Waals surface area (Å²) in [6, 6.07) is 10.7. The van der Waals surface area contributed by atoms with E-state index >= 15 is 0 Å². The predicted octanol–water partition coefficient (Wildman–Crippen LogP) is 2.26. The van der Waals surface area contributed by atoms with Gasteiger partial charge in [-0.25, -0.2) is 17.9 Å². The van der Waals surface area contributed by atoms with Gasteiger partial charge in [0, 0.05) is 13.1 Å². The quantitative estimate of drug-likeness (QED) is 0.174. The van der Waals surface area contributed by atoms with Crippen LogP contribution in [-0.4, -0.2) is 74.1 Å². The number of piperidine rings is 1. The second-order valence-electron chi connectivity index (χ2n) is 13.5. The van der Waals surface area contributed by atoms with Gasteiger partial charge in [-0.1, -0.05) is 68.5 Å². The maximum Gasteiger partial charge on any atom is 0.329 e. The van der Waals surface area contributed by atoms with Crippen molar-refractivity contribution in [3.05, 3.63) is 91.0 Å². The molecule has 2 aromatic carbocycles.